The van der Waals surface area contributed by atoms with E-state index in [2.05, 4.69) is 50.3 Å². The topological polar surface area (TPSA) is 231 Å². The van der Waals surface area contributed by atoms with Crippen LogP contribution in [-0.4, -0.2) is 142 Å². The van der Waals surface area contributed by atoms with Crippen LogP contribution >= 0.6 is 0 Å². The minimum atomic E-state index is -1.77. The quantitative estimate of drug-likeness (QED) is 0.0211. The van der Waals surface area contributed by atoms with E-state index in [-0.39, 0.29) is 26.1 Å². The van der Waals surface area contributed by atoms with E-state index in [1.807, 2.05) is 0 Å². The SMILES string of the molecule is CCCCC/C=C\CCCCCCCC(=O)OCC(COC1OC(COC2OC(CO)C(O)C(O)C2O)C(O)C(O)C1O)OC(=O)CCCCCCC/C=C\C/C=C\CCCCCC. The van der Waals surface area contributed by atoms with Crippen molar-refractivity contribution in [3.63, 3.8) is 0 Å². The monoisotopic (exact) mass is 915 g/mol. The fraction of sp³-hybridized carbons (Fsp3) is 0.837. The van der Waals surface area contributed by atoms with Gasteiger partial charge in [-0.05, 0) is 70.6 Å². The molecule has 2 rings (SSSR count). The molecule has 0 radical (unpaired) electrons. The van der Waals surface area contributed by atoms with Crippen molar-refractivity contribution in [1.29, 1.82) is 0 Å². The molecule has 7 N–H and O–H groups in total. The summed E-state index contributed by atoms with van der Waals surface area (Å²) in [4.78, 5) is 25.7. The molecule has 2 aliphatic rings. The molecule has 2 aliphatic heterocycles. The van der Waals surface area contributed by atoms with Crippen molar-refractivity contribution < 1.29 is 73.8 Å². The van der Waals surface area contributed by atoms with Crippen LogP contribution in [0.3, 0.4) is 0 Å². The van der Waals surface area contributed by atoms with Crippen LogP contribution in [0, 0.1) is 0 Å². The van der Waals surface area contributed by atoms with Crippen LogP contribution in [0.25, 0.3) is 0 Å². The first-order valence-corrected chi connectivity index (χ1v) is 24.6. The molecular formula is C49H86O15. The first-order valence-electron chi connectivity index (χ1n) is 24.6. The summed E-state index contributed by atoms with van der Waals surface area (Å²) in [5.41, 5.74) is 0. The van der Waals surface area contributed by atoms with E-state index in [4.69, 9.17) is 28.4 Å². The Hall–Kier alpha value is -2.28. The van der Waals surface area contributed by atoms with Gasteiger partial charge in [-0.2, -0.15) is 0 Å². The summed E-state index contributed by atoms with van der Waals surface area (Å²) < 4.78 is 33.5. The van der Waals surface area contributed by atoms with Gasteiger partial charge in [-0.3, -0.25) is 9.59 Å². The van der Waals surface area contributed by atoms with Crippen LogP contribution in [-0.2, 0) is 38.0 Å². The number of aliphatic hydroxyl groups excluding tert-OH is 7. The number of hydrogen-bond acceptors (Lipinski definition) is 15. The van der Waals surface area contributed by atoms with Crippen LogP contribution in [0.2, 0.25) is 0 Å². The molecule has 15 nitrogen and oxygen atoms in total. The lowest BCUT2D eigenvalue weighted by Crippen LogP contribution is -2.61. The Bertz CT molecular complexity index is 1260. The zero-order valence-corrected chi connectivity index (χ0v) is 39.0. The number of ether oxygens (including phenoxy) is 6. The maximum Gasteiger partial charge on any atom is 0.306 e. The van der Waals surface area contributed by atoms with E-state index in [0.29, 0.717) is 12.8 Å². The summed E-state index contributed by atoms with van der Waals surface area (Å²) in [6.07, 6.45) is 20.3. The van der Waals surface area contributed by atoms with Gasteiger partial charge in [0.2, 0.25) is 0 Å². The number of carbonyl (C=O) groups excluding carboxylic acids is 2. The lowest BCUT2D eigenvalue weighted by molar-refractivity contribution is -0.332. The minimum absolute atomic E-state index is 0.147. The second-order valence-corrected chi connectivity index (χ2v) is 17.3. The first-order chi connectivity index (χ1) is 31.0. The van der Waals surface area contributed by atoms with Gasteiger partial charge in [0.1, 0.15) is 55.4 Å². The van der Waals surface area contributed by atoms with Crippen molar-refractivity contribution in [3.05, 3.63) is 36.5 Å². The summed E-state index contributed by atoms with van der Waals surface area (Å²) in [5.74, 6) is -0.953. The lowest BCUT2D eigenvalue weighted by atomic mass is 9.98. The highest BCUT2D eigenvalue weighted by atomic mass is 16.7. The highest BCUT2D eigenvalue weighted by Crippen LogP contribution is 2.26. The molecule has 0 spiro atoms. The third kappa shape index (κ3) is 25.0. The average Bonchev–Trinajstić information content (AvgIpc) is 3.29. The van der Waals surface area contributed by atoms with Gasteiger partial charge < -0.3 is 64.2 Å². The number of allylic oxidation sites excluding steroid dienone is 6. The van der Waals surface area contributed by atoms with Crippen LogP contribution in [0.15, 0.2) is 36.5 Å². The van der Waals surface area contributed by atoms with Crippen LogP contribution in [0.5, 0.6) is 0 Å². The Morgan fingerprint density at radius 2 is 0.938 bits per heavy atom. The van der Waals surface area contributed by atoms with Crippen molar-refractivity contribution in [3.8, 4) is 0 Å². The van der Waals surface area contributed by atoms with Crippen LogP contribution in [0.4, 0.5) is 0 Å². The zero-order chi connectivity index (χ0) is 46.8. The molecule has 15 heteroatoms. The molecule has 0 aromatic rings. The molecule has 64 heavy (non-hydrogen) atoms. The second-order valence-electron chi connectivity index (χ2n) is 17.3. The molecule has 0 amide bonds. The van der Waals surface area contributed by atoms with E-state index >= 15 is 0 Å². The fourth-order valence-electron chi connectivity index (χ4n) is 7.48. The summed E-state index contributed by atoms with van der Waals surface area (Å²) in [6.45, 7) is 2.51. The number of carbonyl (C=O) groups is 2. The molecule has 2 fully saturated rings. The van der Waals surface area contributed by atoms with Crippen molar-refractivity contribution in [2.75, 3.05) is 26.4 Å². The Labute approximate surface area is 383 Å². The molecule has 0 aliphatic carbocycles. The highest BCUT2D eigenvalue weighted by Gasteiger charge is 2.47. The van der Waals surface area contributed by atoms with E-state index in [1.165, 1.54) is 44.9 Å². The standard InChI is InChI=1S/C49H86O15/c1-3-5-7-9-11-13-15-17-18-19-20-22-24-26-28-30-32-41(52)62-37(34-59-40(51)31-29-27-25-23-21-16-14-12-10-8-6-4-2)35-60-48-47(58)45(56)43(54)39(64-48)36-61-49-46(57)44(55)42(53)38(33-50)63-49/h12-15,18-19,37-39,42-50,53-58H,3-11,16-17,20-36H2,1-2H3/b14-12-,15-13-,19-18-. The molecular weight excluding hydrogens is 829 g/mol. The van der Waals surface area contributed by atoms with Gasteiger partial charge in [-0.15, -0.1) is 0 Å². The number of esters is 2. The average molecular weight is 915 g/mol. The third-order valence-corrected chi connectivity index (χ3v) is 11.6. The summed E-state index contributed by atoms with van der Waals surface area (Å²) in [6, 6.07) is 0. The fourth-order valence-corrected chi connectivity index (χ4v) is 7.48. The van der Waals surface area contributed by atoms with E-state index in [1.54, 1.807) is 0 Å². The molecule has 0 aromatic heterocycles. The summed E-state index contributed by atoms with van der Waals surface area (Å²) >= 11 is 0. The van der Waals surface area contributed by atoms with Crippen molar-refractivity contribution in [1.82, 2.24) is 0 Å². The molecule has 0 bridgehead atoms. The Morgan fingerprint density at radius 1 is 0.500 bits per heavy atom. The molecule has 11 unspecified atom stereocenters. The molecule has 0 aromatic carbocycles. The van der Waals surface area contributed by atoms with Crippen LogP contribution in [0.1, 0.15) is 168 Å². The predicted octanol–water partition coefficient (Wildman–Crippen LogP) is 6.15. The number of aliphatic hydroxyl groups is 7. The van der Waals surface area contributed by atoms with Gasteiger partial charge in [-0.25, -0.2) is 0 Å². The smallest absolute Gasteiger partial charge is 0.306 e. The van der Waals surface area contributed by atoms with Gasteiger partial charge in [-0.1, -0.05) is 121 Å². The predicted molar refractivity (Wildman–Crippen MR) is 243 cm³/mol. The molecule has 2 saturated heterocycles. The van der Waals surface area contributed by atoms with Gasteiger partial charge >= 0.3 is 11.9 Å². The second kappa shape index (κ2) is 36.8. The van der Waals surface area contributed by atoms with Gasteiger partial charge in [0.15, 0.2) is 18.7 Å². The summed E-state index contributed by atoms with van der Waals surface area (Å²) in [5, 5.41) is 72.0. The van der Waals surface area contributed by atoms with Gasteiger partial charge in [0.05, 0.1) is 19.8 Å². The largest absolute Gasteiger partial charge is 0.462 e. The van der Waals surface area contributed by atoms with E-state index in [9.17, 15) is 45.3 Å². The third-order valence-electron chi connectivity index (χ3n) is 11.6. The van der Waals surface area contributed by atoms with Crippen molar-refractivity contribution in [2.45, 2.75) is 235 Å². The number of hydrogen-bond donors (Lipinski definition) is 7. The van der Waals surface area contributed by atoms with Crippen LogP contribution < -0.4 is 0 Å². The minimum Gasteiger partial charge on any atom is -0.462 e. The van der Waals surface area contributed by atoms with Crippen molar-refractivity contribution >= 4 is 11.9 Å². The molecule has 2 heterocycles. The maximum absolute atomic E-state index is 13.0. The van der Waals surface area contributed by atoms with E-state index < -0.39 is 92.7 Å². The highest BCUT2D eigenvalue weighted by molar-refractivity contribution is 5.70. The molecule has 11 atom stereocenters. The van der Waals surface area contributed by atoms with Gasteiger partial charge in [0, 0.05) is 12.8 Å². The normalized spacial score (nSPS) is 26.9. The summed E-state index contributed by atoms with van der Waals surface area (Å²) in [7, 11) is 0. The zero-order valence-electron chi connectivity index (χ0n) is 39.0. The maximum atomic E-state index is 13.0. The number of rotatable bonds is 37. The van der Waals surface area contributed by atoms with E-state index in [0.717, 1.165) is 83.5 Å². The number of unbranched alkanes of at least 4 members (excludes halogenated alkanes) is 17. The Morgan fingerprint density at radius 3 is 1.50 bits per heavy atom. The first kappa shape index (κ1) is 57.8. The molecule has 0 saturated carbocycles. The Kier molecular flexibility index (Phi) is 33.3. The lowest BCUT2D eigenvalue weighted by Gasteiger charge is -2.42. The molecule has 372 valence electrons. The van der Waals surface area contributed by atoms with Gasteiger partial charge in [0.25, 0.3) is 0 Å². The van der Waals surface area contributed by atoms with Crippen molar-refractivity contribution in [2.24, 2.45) is 0 Å². The Balaban J connectivity index is 1.84.